The highest BCUT2D eigenvalue weighted by atomic mass is 16.2. The average molecular weight is 287 g/mol. The molecule has 1 amide bonds. The molecule has 0 aromatic carbocycles. The monoisotopic (exact) mass is 287 g/mol. The Bertz CT molecular complexity index is 563. The molecule has 1 aliphatic heterocycles. The van der Waals surface area contributed by atoms with Crippen LogP contribution in [0.3, 0.4) is 0 Å². The molecule has 1 saturated heterocycles. The molecule has 1 atom stereocenters. The molecule has 6 heteroatoms. The summed E-state index contributed by atoms with van der Waals surface area (Å²) in [6.07, 6.45) is 5.22. The van der Waals surface area contributed by atoms with Crippen LogP contribution < -0.4 is 5.32 Å². The third kappa shape index (κ3) is 3.13. The van der Waals surface area contributed by atoms with Crippen molar-refractivity contribution in [3.05, 3.63) is 18.1 Å². The van der Waals surface area contributed by atoms with Gasteiger partial charge in [0, 0.05) is 38.4 Å². The van der Waals surface area contributed by atoms with Crippen LogP contribution in [0, 0.1) is 16.7 Å². The minimum Gasteiger partial charge on any atom is -0.372 e. The maximum atomic E-state index is 12.4. The fraction of sp³-hybridized carbons (Fsp3) is 0.600. The lowest BCUT2D eigenvalue weighted by Crippen LogP contribution is -2.45. The summed E-state index contributed by atoms with van der Waals surface area (Å²) in [4.78, 5) is 22.9. The zero-order valence-electron chi connectivity index (χ0n) is 12.8. The standard InChI is InChI=1S/C15H21N5O/c1-15(2,10-16)14(21)20-8-4-5-11(9-20)12-13(17-3)19-7-6-18-12/h6-7,11H,4-5,8-9H2,1-3H3,(H,17,19). The van der Waals surface area contributed by atoms with Crippen LogP contribution in [0.4, 0.5) is 5.82 Å². The fourth-order valence-corrected chi connectivity index (χ4v) is 2.67. The van der Waals surface area contributed by atoms with E-state index in [1.165, 1.54) is 0 Å². The summed E-state index contributed by atoms with van der Waals surface area (Å²) in [7, 11) is 1.82. The number of nitriles is 1. The molecule has 1 aromatic rings. The van der Waals surface area contributed by atoms with Crippen LogP contribution in [0.1, 0.15) is 38.3 Å². The lowest BCUT2D eigenvalue weighted by molar-refractivity contribution is -0.138. The lowest BCUT2D eigenvalue weighted by Gasteiger charge is -2.35. The Hall–Kier alpha value is -2.16. The van der Waals surface area contributed by atoms with Gasteiger partial charge in [-0.3, -0.25) is 9.78 Å². The average Bonchev–Trinajstić information content (AvgIpc) is 2.54. The van der Waals surface area contributed by atoms with Crippen molar-refractivity contribution in [2.75, 3.05) is 25.5 Å². The third-order valence-corrected chi connectivity index (χ3v) is 3.87. The predicted molar refractivity (Wildman–Crippen MR) is 79.5 cm³/mol. The number of piperidine rings is 1. The normalized spacial score (nSPS) is 19.0. The van der Waals surface area contributed by atoms with Crippen LogP contribution in [0.2, 0.25) is 0 Å². The van der Waals surface area contributed by atoms with E-state index in [1.54, 1.807) is 31.1 Å². The molecule has 0 spiro atoms. The molecule has 1 aliphatic rings. The number of rotatable bonds is 3. The number of carbonyl (C=O) groups is 1. The summed E-state index contributed by atoms with van der Waals surface area (Å²) >= 11 is 0. The van der Waals surface area contributed by atoms with Gasteiger partial charge in [0.1, 0.15) is 11.2 Å². The van der Waals surface area contributed by atoms with E-state index in [2.05, 4.69) is 21.4 Å². The van der Waals surface area contributed by atoms with Crippen LogP contribution in [0.15, 0.2) is 12.4 Å². The summed E-state index contributed by atoms with van der Waals surface area (Å²) in [6.45, 7) is 4.63. The number of amides is 1. The van der Waals surface area contributed by atoms with Gasteiger partial charge < -0.3 is 10.2 Å². The molecule has 1 N–H and O–H groups in total. The summed E-state index contributed by atoms with van der Waals surface area (Å²) in [5.41, 5.74) is -0.0805. The molecule has 6 nitrogen and oxygen atoms in total. The Labute approximate surface area is 125 Å². The molecule has 2 rings (SSSR count). The molecular formula is C15H21N5O. The van der Waals surface area contributed by atoms with E-state index in [9.17, 15) is 4.79 Å². The van der Waals surface area contributed by atoms with E-state index in [4.69, 9.17) is 5.26 Å². The third-order valence-electron chi connectivity index (χ3n) is 3.87. The first-order chi connectivity index (χ1) is 9.99. The Morgan fingerprint density at radius 2 is 2.19 bits per heavy atom. The fourth-order valence-electron chi connectivity index (χ4n) is 2.67. The van der Waals surface area contributed by atoms with Crippen molar-refractivity contribution < 1.29 is 4.79 Å². The van der Waals surface area contributed by atoms with Crippen LogP contribution >= 0.6 is 0 Å². The van der Waals surface area contributed by atoms with Crippen molar-refractivity contribution in [2.24, 2.45) is 5.41 Å². The van der Waals surface area contributed by atoms with E-state index in [0.29, 0.717) is 13.1 Å². The maximum absolute atomic E-state index is 12.4. The number of anilines is 1. The highest BCUT2D eigenvalue weighted by Crippen LogP contribution is 2.31. The van der Waals surface area contributed by atoms with Gasteiger partial charge in [0.2, 0.25) is 5.91 Å². The Morgan fingerprint density at radius 1 is 1.48 bits per heavy atom. The Morgan fingerprint density at radius 3 is 2.86 bits per heavy atom. The van der Waals surface area contributed by atoms with Crippen molar-refractivity contribution in [1.82, 2.24) is 14.9 Å². The minimum absolute atomic E-state index is 0.107. The molecule has 21 heavy (non-hydrogen) atoms. The van der Waals surface area contributed by atoms with Gasteiger partial charge in [-0.15, -0.1) is 0 Å². The number of nitrogens with zero attached hydrogens (tertiary/aromatic N) is 4. The van der Waals surface area contributed by atoms with E-state index < -0.39 is 5.41 Å². The summed E-state index contributed by atoms with van der Waals surface area (Å²) < 4.78 is 0. The van der Waals surface area contributed by atoms with E-state index >= 15 is 0 Å². The molecule has 1 fully saturated rings. The van der Waals surface area contributed by atoms with Crippen molar-refractivity contribution >= 4 is 11.7 Å². The quantitative estimate of drug-likeness (QED) is 0.916. The number of nitrogens with one attached hydrogen (secondary N) is 1. The topological polar surface area (TPSA) is 81.9 Å². The maximum Gasteiger partial charge on any atom is 0.242 e. The molecule has 0 bridgehead atoms. The van der Waals surface area contributed by atoms with Gasteiger partial charge >= 0.3 is 0 Å². The van der Waals surface area contributed by atoms with Crippen molar-refractivity contribution in [3.8, 4) is 6.07 Å². The smallest absolute Gasteiger partial charge is 0.242 e. The molecular weight excluding hydrogens is 266 g/mol. The first kappa shape index (κ1) is 15.2. The van der Waals surface area contributed by atoms with Gasteiger partial charge in [-0.1, -0.05) is 0 Å². The van der Waals surface area contributed by atoms with E-state index in [1.807, 2.05) is 7.05 Å². The van der Waals surface area contributed by atoms with E-state index in [0.717, 1.165) is 24.4 Å². The van der Waals surface area contributed by atoms with Crippen LogP contribution in [0.25, 0.3) is 0 Å². The molecule has 2 heterocycles. The van der Waals surface area contributed by atoms with Gasteiger partial charge in [0.15, 0.2) is 0 Å². The lowest BCUT2D eigenvalue weighted by atomic mass is 9.89. The zero-order valence-corrected chi connectivity index (χ0v) is 12.8. The van der Waals surface area contributed by atoms with Crippen molar-refractivity contribution in [2.45, 2.75) is 32.6 Å². The first-order valence-electron chi connectivity index (χ1n) is 7.19. The summed E-state index contributed by atoms with van der Waals surface area (Å²) in [6, 6.07) is 2.08. The van der Waals surface area contributed by atoms with Gasteiger partial charge in [0.05, 0.1) is 11.8 Å². The Balaban J connectivity index is 2.18. The second kappa shape index (κ2) is 6.08. The molecule has 0 saturated carbocycles. The molecule has 0 aliphatic carbocycles. The predicted octanol–water partition coefficient (Wildman–Crippen LogP) is 1.77. The van der Waals surface area contributed by atoms with Crippen molar-refractivity contribution in [3.63, 3.8) is 0 Å². The van der Waals surface area contributed by atoms with Crippen LogP contribution in [0.5, 0.6) is 0 Å². The van der Waals surface area contributed by atoms with Crippen LogP contribution in [-0.2, 0) is 4.79 Å². The molecule has 0 radical (unpaired) electrons. The van der Waals surface area contributed by atoms with Crippen LogP contribution in [-0.4, -0.2) is 40.9 Å². The zero-order chi connectivity index (χ0) is 15.5. The number of likely N-dealkylation sites (tertiary alicyclic amines) is 1. The number of aromatic nitrogens is 2. The minimum atomic E-state index is -0.976. The highest BCUT2D eigenvalue weighted by molar-refractivity contribution is 5.84. The van der Waals surface area contributed by atoms with Gasteiger partial charge in [-0.25, -0.2) is 4.98 Å². The summed E-state index contributed by atoms with van der Waals surface area (Å²) in [5.74, 6) is 0.814. The second-order valence-electron chi connectivity index (χ2n) is 5.87. The van der Waals surface area contributed by atoms with Gasteiger partial charge in [0.25, 0.3) is 0 Å². The number of hydrogen-bond donors (Lipinski definition) is 1. The van der Waals surface area contributed by atoms with Crippen molar-refractivity contribution in [1.29, 1.82) is 5.26 Å². The number of hydrogen-bond acceptors (Lipinski definition) is 5. The molecule has 1 aromatic heterocycles. The SMILES string of the molecule is CNc1nccnc1C1CCCN(C(=O)C(C)(C)C#N)C1. The summed E-state index contributed by atoms with van der Waals surface area (Å²) in [5, 5.41) is 12.2. The van der Waals surface area contributed by atoms with Gasteiger partial charge in [-0.05, 0) is 26.7 Å². The largest absolute Gasteiger partial charge is 0.372 e. The highest BCUT2D eigenvalue weighted by Gasteiger charge is 2.35. The number of carbonyl (C=O) groups excluding carboxylic acids is 1. The second-order valence-corrected chi connectivity index (χ2v) is 5.87. The first-order valence-corrected chi connectivity index (χ1v) is 7.19. The van der Waals surface area contributed by atoms with Gasteiger partial charge in [-0.2, -0.15) is 5.26 Å². The molecule has 112 valence electrons. The molecule has 1 unspecified atom stereocenters. The Kier molecular flexibility index (Phi) is 4.41. The van der Waals surface area contributed by atoms with E-state index in [-0.39, 0.29) is 11.8 Å².